The number of rotatable bonds is 3. The maximum Gasteiger partial charge on any atom is 0.415 e. The summed E-state index contributed by atoms with van der Waals surface area (Å²) in [6.07, 6.45) is -0.562. The van der Waals surface area contributed by atoms with Crippen molar-refractivity contribution in [3.63, 3.8) is 0 Å². The first-order valence-corrected chi connectivity index (χ1v) is 9.79. The second kappa shape index (κ2) is 8.25. The quantitative estimate of drug-likeness (QED) is 0.854. The molecule has 0 bridgehead atoms. The van der Waals surface area contributed by atoms with Crippen LogP contribution in [0.4, 0.5) is 10.5 Å². The van der Waals surface area contributed by atoms with Gasteiger partial charge in [-0.25, -0.2) is 4.79 Å². The molecule has 1 aliphatic heterocycles. The van der Waals surface area contributed by atoms with Crippen molar-refractivity contribution in [3.05, 3.63) is 65.7 Å². The molecule has 1 N–H and O–H groups in total. The fraction of sp³-hybridized carbons (Fsp3) is 0.391. The summed E-state index contributed by atoms with van der Waals surface area (Å²) in [6.45, 7) is 7.16. The number of benzene rings is 2. The van der Waals surface area contributed by atoms with Crippen molar-refractivity contribution in [1.82, 2.24) is 4.90 Å². The number of aliphatic hydroxyl groups excluding tert-OH is 1. The summed E-state index contributed by atoms with van der Waals surface area (Å²) >= 11 is 0. The van der Waals surface area contributed by atoms with Gasteiger partial charge in [-0.05, 0) is 44.9 Å². The second-order valence-electron chi connectivity index (χ2n) is 8.23. The van der Waals surface area contributed by atoms with Crippen LogP contribution in [0, 0.1) is 0 Å². The summed E-state index contributed by atoms with van der Waals surface area (Å²) in [5.74, 6) is -0.241. The van der Waals surface area contributed by atoms with Crippen molar-refractivity contribution in [2.24, 2.45) is 0 Å². The normalized spacial score (nSPS) is 18.1. The Balaban J connectivity index is 2.04. The Morgan fingerprint density at radius 3 is 2.38 bits per heavy atom. The number of para-hydroxylation sites is 1. The van der Waals surface area contributed by atoms with Crippen molar-refractivity contribution in [3.8, 4) is 0 Å². The highest BCUT2D eigenvalue weighted by atomic mass is 16.6. The van der Waals surface area contributed by atoms with Crippen LogP contribution in [0.25, 0.3) is 0 Å². The van der Waals surface area contributed by atoms with Crippen LogP contribution in [0.5, 0.6) is 0 Å². The highest BCUT2D eigenvalue weighted by Gasteiger charge is 2.39. The van der Waals surface area contributed by atoms with E-state index in [-0.39, 0.29) is 12.5 Å². The van der Waals surface area contributed by atoms with Gasteiger partial charge in [-0.1, -0.05) is 48.5 Å². The Morgan fingerprint density at radius 1 is 1.14 bits per heavy atom. The van der Waals surface area contributed by atoms with Crippen molar-refractivity contribution in [2.75, 3.05) is 11.5 Å². The maximum absolute atomic E-state index is 13.4. The number of amides is 2. The first kappa shape index (κ1) is 20.9. The smallest absolute Gasteiger partial charge is 0.415 e. The minimum atomic E-state index is -0.772. The van der Waals surface area contributed by atoms with E-state index in [1.165, 1.54) is 4.90 Å². The molecule has 154 valence electrons. The van der Waals surface area contributed by atoms with Gasteiger partial charge in [0.2, 0.25) is 5.91 Å². The van der Waals surface area contributed by atoms with Crippen molar-refractivity contribution >= 4 is 17.7 Å². The highest BCUT2D eigenvalue weighted by molar-refractivity contribution is 5.99. The number of anilines is 1. The number of nitrogens with zero attached hydrogens (tertiary/aromatic N) is 2. The zero-order valence-electron chi connectivity index (χ0n) is 17.3. The average Bonchev–Trinajstić information content (AvgIpc) is 2.78. The van der Waals surface area contributed by atoms with Gasteiger partial charge in [0.25, 0.3) is 0 Å². The van der Waals surface area contributed by atoms with Gasteiger partial charge in [0, 0.05) is 6.54 Å². The summed E-state index contributed by atoms with van der Waals surface area (Å²) in [4.78, 5) is 29.5. The lowest BCUT2D eigenvalue weighted by molar-refractivity contribution is -0.136. The number of aliphatic hydroxyl groups is 1. The van der Waals surface area contributed by atoms with E-state index < -0.39 is 23.8 Å². The number of hydrogen-bond acceptors (Lipinski definition) is 4. The molecule has 3 rings (SSSR count). The predicted molar refractivity (Wildman–Crippen MR) is 111 cm³/mol. The zero-order chi connectivity index (χ0) is 21.2. The third kappa shape index (κ3) is 4.43. The van der Waals surface area contributed by atoms with Gasteiger partial charge in [0.05, 0.1) is 18.3 Å². The standard InChI is InChI=1S/C23H28N2O4/c1-16-21(27)24(20(15-26)17-10-6-5-7-11-17)14-18-12-8-9-13-19(18)25(16)22(28)29-23(2,3)4/h5-13,16,20,26H,14-15H2,1-4H3/t16-,20+/m1/s1. The summed E-state index contributed by atoms with van der Waals surface area (Å²) in [5.41, 5.74) is 1.64. The van der Waals surface area contributed by atoms with E-state index in [2.05, 4.69) is 0 Å². The Hall–Kier alpha value is -2.86. The molecule has 0 unspecified atom stereocenters. The molecule has 2 aromatic carbocycles. The van der Waals surface area contributed by atoms with Gasteiger partial charge in [-0.3, -0.25) is 9.69 Å². The van der Waals surface area contributed by atoms with Crippen LogP contribution < -0.4 is 4.90 Å². The number of carbonyl (C=O) groups is 2. The van der Waals surface area contributed by atoms with Crippen molar-refractivity contribution in [1.29, 1.82) is 0 Å². The predicted octanol–water partition coefficient (Wildman–Crippen LogP) is 3.89. The van der Waals surface area contributed by atoms with Gasteiger partial charge in [-0.2, -0.15) is 0 Å². The van der Waals surface area contributed by atoms with Crippen LogP contribution in [0.1, 0.15) is 44.9 Å². The first-order chi connectivity index (χ1) is 13.7. The van der Waals surface area contributed by atoms with E-state index >= 15 is 0 Å². The molecule has 0 fully saturated rings. The Kier molecular flexibility index (Phi) is 5.94. The molecule has 0 aliphatic carbocycles. The van der Waals surface area contributed by atoms with Gasteiger partial charge in [0.1, 0.15) is 11.6 Å². The number of hydrogen-bond donors (Lipinski definition) is 1. The third-order valence-electron chi connectivity index (χ3n) is 4.94. The molecule has 2 aromatic rings. The SMILES string of the molecule is C[C@@H]1C(=O)N([C@@H](CO)c2ccccc2)Cc2ccccc2N1C(=O)OC(C)(C)C. The lowest BCUT2D eigenvalue weighted by Gasteiger charge is -2.33. The van der Waals surface area contributed by atoms with E-state index in [0.717, 1.165) is 11.1 Å². The lowest BCUT2D eigenvalue weighted by atomic mass is 10.0. The molecule has 29 heavy (non-hydrogen) atoms. The Bertz CT molecular complexity index is 876. The van der Waals surface area contributed by atoms with E-state index in [4.69, 9.17) is 4.74 Å². The molecule has 0 radical (unpaired) electrons. The Morgan fingerprint density at radius 2 is 1.76 bits per heavy atom. The molecule has 0 aromatic heterocycles. The molecule has 2 amide bonds. The highest BCUT2D eigenvalue weighted by Crippen LogP contribution is 2.34. The monoisotopic (exact) mass is 396 g/mol. The molecule has 0 spiro atoms. The maximum atomic E-state index is 13.4. The van der Waals surface area contributed by atoms with E-state index in [0.29, 0.717) is 12.2 Å². The third-order valence-corrected chi connectivity index (χ3v) is 4.94. The Labute approximate surface area is 171 Å². The zero-order valence-corrected chi connectivity index (χ0v) is 17.3. The van der Waals surface area contributed by atoms with Crippen LogP contribution in [-0.4, -0.2) is 40.3 Å². The molecule has 2 atom stereocenters. The fourth-order valence-corrected chi connectivity index (χ4v) is 3.59. The largest absolute Gasteiger partial charge is 0.443 e. The van der Waals surface area contributed by atoms with Gasteiger partial charge >= 0.3 is 6.09 Å². The number of fused-ring (bicyclic) bond motifs is 1. The lowest BCUT2D eigenvalue weighted by Crippen LogP contribution is -2.50. The summed E-state index contributed by atoms with van der Waals surface area (Å²) < 4.78 is 5.58. The molecular formula is C23H28N2O4. The van der Waals surface area contributed by atoms with E-state index in [9.17, 15) is 14.7 Å². The summed E-state index contributed by atoms with van der Waals surface area (Å²) in [5, 5.41) is 10.1. The van der Waals surface area contributed by atoms with Crippen LogP contribution in [0.15, 0.2) is 54.6 Å². The van der Waals surface area contributed by atoms with E-state index in [1.807, 2.05) is 54.6 Å². The van der Waals surface area contributed by atoms with Crippen molar-refractivity contribution in [2.45, 2.75) is 51.9 Å². The molecule has 6 heteroatoms. The van der Waals surface area contributed by atoms with Crippen LogP contribution in [0.3, 0.4) is 0 Å². The molecule has 1 aliphatic rings. The second-order valence-corrected chi connectivity index (χ2v) is 8.23. The average molecular weight is 396 g/mol. The molecular weight excluding hydrogens is 368 g/mol. The van der Waals surface area contributed by atoms with E-state index in [1.54, 1.807) is 32.6 Å². The van der Waals surface area contributed by atoms with Crippen LogP contribution in [0.2, 0.25) is 0 Å². The molecule has 1 heterocycles. The summed E-state index contributed by atoms with van der Waals surface area (Å²) in [7, 11) is 0. The van der Waals surface area contributed by atoms with Crippen molar-refractivity contribution < 1.29 is 19.4 Å². The molecule has 6 nitrogen and oxygen atoms in total. The molecule has 0 saturated heterocycles. The number of carbonyl (C=O) groups excluding carboxylic acids is 2. The molecule has 0 saturated carbocycles. The topological polar surface area (TPSA) is 70.1 Å². The number of ether oxygens (including phenoxy) is 1. The minimum Gasteiger partial charge on any atom is -0.443 e. The van der Waals surface area contributed by atoms with Gasteiger partial charge in [-0.15, -0.1) is 0 Å². The van der Waals surface area contributed by atoms with Gasteiger partial charge < -0.3 is 14.7 Å². The summed E-state index contributed by atoms with van der Waals surface area (Å²) in [6, 6.07) is 15.6. The van der Waals surface area contributed by atoms with Crippen LogP contribution in [-0.2, 0) is 16.1 Å². The minimum absolute atomic E-state index is 0.211. The first-order valence-electron chi connectivity index (χ1n) is 9.79. The van der Waals surface area contributed by atoms with Crippen LogP contribution >= 0.6 is 0 Å². The fourth-order valence-electron chi connectivity index (χ4n) is 3.59. The van der Waals surface area contributed by atoms with Gasteiger partial charge in [0.15, 0.2) is 0 Å².